The van der Waals surface area contributed by atoms with E-state index in [0.717, 1.165) is 9.56 Å². The van der Waals surface area contributed by atoms with Crippen molar-refractivity contribution in [2.75, 3.05) is 18.5 Å². The summed E-state index contributed by atoms with van der Waals surface area (Å²) in [5.41, 5.74) is 1.20. The second-order valence-corrected chi connectivity index (χ2v) is 7.58. The molecule has 2 aromatic heterocycles. The summed E-state index contributed by atoms with van der Waals surface area (Å²) in [7, 11) is 0. The SMILES string of the molecule is CCOC(=O)c1c(NC(=O)COC(=O)Cn2nc(C)c([N+](=O)[O-])c2C)sc(C)c1C. The average Bonchev–Trinajstić information content (AvgIpc) is 3.08. The number of hydrogen-bond donors (Lipinski definition) is 1. The number of aryl methyl sites for hydroxylation is 2. The van der Waals surface area contributed by atoms with E-state index in [-0.39, 0.29) is 35.8 Å². The molecule has 0 unspecified atom stereocenters. The van der Waals surface area contributed by atoms with Gasteiger partial charge in [-0.25, -0.2) is 4.79 Å². The van der Waals surface area contributed by atoms with Gasteiger partial charge < -0.3 is 14.8 Å². The largest absolute Gasteiger partial charge is 0.462 e. The summed E-state index contributed by atoms with van der Waals surface area (Å²) in [4.78, 5) is 47.7. The van der Waals surface area contributed by atoms with Crippen LogP contribution in [0.2, 0.25) is 0 Å². The fourth-order valence-electron chi connectivity index (χ4n) is 2.75. The highest BCUT2D eigenvalue weighted by atomic mass is 32.1. The second-order valence-electron chi connectivity index (χ2n) is 6.35. The number of esters is 2. The fraction of sp³-hybridized carbons (Fsp3) is 0.444. The lowest BCUT2D eigenvalue weighted by molar-refractivity contribution is -0.386. The number of hydrogen-bond acceptors (Lipinski definition) is 9. The monoisotopic (exact) mass is 438 g/mol. The van der Waals surface area contributed by atoms with Crippen LogP contribution in [0.25, 0.3) is 0 Å². The molecule has 0 saturated heterocycles. The molecule has 0 aromatic carbocycles. The van der Waals surface area contributed by atoms with Gasteiger partial charge in [0.1, 0.15) is 22.9 Å². The summed E-state index contributed by atoms with van der Waals surface area (Å²) in [5, 5.41) is 17.9. The molecule has 0 saturated carbocycles. The van der Waals surface area contributed by atoms with Crippen LogP contribution in [-0.4, -0.2) is 45.8 Å². The highest BCUT2D eigenvalue weighted by Gasteiger charge is 2.24. The molecule has 0 fully saturated rings. The van der Waals surface area contributed by atoms with Crippen molar-refractivity contribution in [3.8, 4) is 0 Å². The lowest BCUT2D eigenvalue weighted by Crippen LogP contribution is -2.24. The lowest BCUT2D eigenvalue weighted by Gasteiger charge is -2.08. The lowest BCUT2D eigenvalue weighted by atomic mass is 10.1. The van der Waals surface area contributed by atoms with Crippen molar-refractivity contribution in [1.82, 2.24) is 9.78 Å². The van der Waals surface area contributed by atoms with E-state index in [1.165, 1.54) is 25.2 Å². The molecule has 2 rings (SSSR count). The third kappa shape index (κ3) is 5.00. The number of nitro groups is 1. The van der Waals surface area contributed by atoms with Crippen LogP contribution >= 0.6 is 11.3 Å². The summed E-state index contributed by atoms with van der Waals surface area (Å²) in [6.45, 7) is 7.41. The van der Waals surface area contributed by atoms with Crippen molar-refractivity contribution in [1.29, 1.82) is 0 Å². The molecule has 30 heavy (non-hydrogen) atoms. The average molecular weight is 438 g/mol. The number of carbonyl (C=O) groups excluding carboxylic acids is 3. The first kappa shape index (κ1) is 23.0. The molecular weight excluding hydrogens is 416 g/mol. The number of rotatable bonds is 8. The predicted molar refractivity (Wildman–Crippen MR) is 108 cm³/mol. The smallest absolute Gasteiger partial charge is 0.341 e. The van der Waals surface area contributed by atoms with E-state index in [1.807, 2.05) is 6.92 Å². The molecule has 2 heterocycles. The molecule has 0 aliphatic carbocycles. The first-order chi connectivity index (χ1) is 14.1. The van der Waals surface area contributed by atoms with Crippen molar-refractivity contribution in [3.05, 3.63) is 37.5 Å². The molecule has 0 atom stereocenters. The zero-order valence-electron chi connectivity index (χ0n) is 17.2. The molecule has 0 aliphatic rings. The number of nitrogens with zero attached hydrogens (tertiary/aromatic N) is 3. The Bertz CT molecular complexity index is 1010. The molecule has 2 aromatic rings. The van der Waals surface area contributed by atoms with Crippen molar-refractivity contribution >= 4 is 39.9 Å². The molecule has 11 nitrogen and oxygen atoms in total. The summed E-state index contributed by atoms with van der Waals surface area (Å²) in [6, 6.07) is 0. The first-order valence-corrected chi connectivity index (χ1v) is 9.79. The minimum atomic E-state index is -0.783. The van der Waals surface area contributed by atoms with E-state index in [2.05, 4.69) is 10.4 Å². The summed E-state index contributed by atoms with van der Waals surface area (Å²) in [5.74, 6) is -1.96. The third-order valence-electron chi connectivity index (χ3n) is 4.29. The predicted octanol–water partition coefficient (Wildman–Crippen LogP) is 2.45. The van der Waals surface area contributed by atoms with Crippen LogP contribution < -0.4 is 5.32 Å². The Kier molecular flexibility index (Phi) is 7.27. The Morgan fingerprint density at radius 2 is 1.87 bits per heavy atom. The Labute approximate surface area is 176 Å². The second kappa shape index (κ2) is 9.48. The van der Waals surface area contributed by atoms with Crippen LogP contribution in [0.4, 0.5) is 10.7 Å². The number of nitrogens with one attached hydrogen (secondary N) is 1. The maximum atomic E-state index is 12.2. The molecule has 1 amide bonds. The standard InChI is InChI=1S/C18H22N4O7S/c1-6-28-18(25)15-9(2)12(5)30-17(15)19-13(23)8-29-14(24)7-21-11(4)16(22(26)27)10(3)20-21/h6-8H2,1-5H3,(H,19,23). The number of aromatic nitrogens is 2. The minimum Gasteiger partial charge on any atom is -0.462 e. The number of ether oxygens (including phenoxy) is 2. The van der Waals surface area contributed by atoms with Crippen molar-refractivity contribution < 1.29 is 28.8 Å². The highest BCUT2D eigenvalue weighted by molar-refractivity contribution is 7.16. The van der Waals surface area contributed by atoms with Gasteiger partial charge in [-0.05, 0) is 40.2 Å². The van der Waals surface area contributed by atoms with Gasteiger partial charge in [0.05, 0.1) is 17.1 Å². The van der Waals surface area contributed by atoms with Gasteiger partial charge in [-0.1, -0.05) is 0 Å². The van der Waals surface area contributed by atoms with Gasteiger partial charge in [-0.2, -0.15) is 5.10 Å². The minimum absolute atomic E-state index is 0.171. The summed E-state index contributed by atoms with van der Waals surface area (Å²) < 4.78 is 11.1. The molecule has 1 N–H and O–H groups in total. The summed E-state index contributed by atoms with van der Waals surface area (Å²) in [6.07, 6.45) is 0. The van der Waals surface area contributed by atoms with E-state index in [1.54, 1.807) is 13.8 Å². The number of thiophene rings is 1. The van der Waals surface area contributed by atoms with Crippen LogP contribution in [0.1, 0.15) is 39.1 Å². The van der Waals surface area contributed by atoms with Crippen LogP contribution in [0, 0.1) is 37.8 Å². The molecule has 162 valence electrons. The van der Waals surface area contributed by atoms with E-state index in [4.69, 9.17) is 9.47 Å². The number of carbonyl (C=O) groups is 3. The third-order valence-corrected chi connectivity index (χ3v) is 5.41. The molecular formula is C18H22N4O7S. The van der Waals surface area contributed by atoms with Gasteiger partial charge in [-0.15, -0.1) is 11.3 Å². The first-order valence-electron chi connectivity index (χ1n) is 8.97. The van der Waals surface area contributed by atoms with Gasteiger partial charge in [0, 0.05) is 4.88 Å². The summed E-state index contributed by atoms with van der Waals surface area (Å²) >= 11 is 1.22. The Morgan fingerprint density at radius 3 is 2.43 bits per heavy atom. The van der Waals surface area contributed by atoms with E-state index >= 15 is 0 Å². The number of anilines is 1. The van der Waals surface area contributed by atoms with Crippen LogP contribution in [0.15, 0.2) is 0 Å². The van der Waals surface area contributed by atoms with Gasteiger partial charge in [-0.3, -0.25) is 24.4 Å². The van der Waals surface area contributed by atoms with E-state index < -0.39 is 29.4 Å². The molecule has 0 aliphatic heterocycles. The topological polar surface area (TPSA) is 143 Å². The zero-order valence-corrected chi connectivity index (χ0v) is 18.0. The molecule has 12 heteroatoms. The Morgan fingerprint density at radius 1 is 1.20 bits per heavy atom. The maximum absolute atomic E-state index is 12.2. The van der Waals surface area contributed by atoms with Crippen molar-refractivity contribution in [2.24, 2.45) is 0 Å². The van der Waals surface area contributed by atoms with Crippen LogP contribution in [0.5, 0.6) is 0 Å². The molecule has 0 spiro atoms. The quantitative estimate of drug-likeness (QED) is 0.376. The van der Waals surface area contributed by atoms with Gasteiger partial charge in [0.25, 0.3) is 5.91 Å². The fourth-order valence-corrected chi connectivity index (χ4v) is 3.81. The van der Waals surface area contributed by atoms with E-state index in [0.29, 0.717) is 10.6 Å². The highest BCUT2D eigenvalue weighted by Crippen LogP contribution is 2.33. The Balaban J connectivity index is 2.00. The van der Waals surface area contributed by atoms with Crippen molar-refractivity contribution in [2.45, 2.75) is 41.2 Å². The van der Waals surface area contributed by atoms with Gasteiger partial charge in [0.2, 0.25) is 0 Å². The number of amides is 1. The normalized spacial score (nSPS) is 10.6. The Hall–Kier alpha value is -3.28. The van der Waals surface area contributed by atoms with E-state index in [9.17, 15) is 24.5 Å². The zero-order chi connectivity index (χ0) is 22.6. The maximum Gasteiger partial charge on any atom is 0.341 e. The molecule has 0 bridgehead atoms. The van der Waals surface area contributed by atoms with Crippen LogP contribution in [0.3, 0.4) is 0 Å². The van der Waals surface area contributed by atoms with Gasteiger partial charge >= 0.3 is 17.6 Å². The molecule has 0 radical (unpaired) electrons. The van der Waals surface area contributed by atoms with Gasteiger partial charge in [0.15, 0.2) is 6.61 Å². The van der Waals surface area contributed by atoms with Crippen LogP contribution in [-0.2, 0) is 25.6 Å². The van der Waals surface area contributed by atoms with Crippen molar-refractivity contribution in [3.63, 3.8) is 0 Å².